The first-order valence-corrected chi connectivity index (χ1v) is 2.91. The first kappa shape index (κ1) is 7.39. The summed E-state index contributed by atoms with van der Waals surface area (Å²) in [5.74, 6) is 0. The molecule has 0 atom stereocenters. The van der Waals surface area contributed by atoms with Gasteiger partial charge < -0.3 is 5.73 Å². The lowest BCUT2D eigenvalue weighted by Gasteiger charge is -1.96. The second kappa shape index (κ2) is 3.40. The third-order valence-electron chi connectivity index (χ3n) is 0.957. The van der Waals surface area contributed by atoms with Crippen LogP contribution in [-0.2, 0) is 0 Å². The third-order valence-corrected chi connectivity index (χ3v) is 0.957. The first-order chi connectivity index (χ1) is 3.66. The Morgan fingerprint density at radius 2 is 2.00 bits per heavy atom. The van der Waals surface area contributed by atoms with Crippen LogP contribution >= 0.6 is 0 Å². The van der Waals surface area contributed by atoms with E-state index in [9.17, 15) is 0 Å². The summed E-state index contributed by atoms with van der Waals surface area (Å²) in [6.45, 7) is 9.85. The fraction of sp³-hybridized carbons (Fsp3) is 0.500. The fourth-order valence-corrected chi connectivity index (χ4v) is 0.453. The van der Waals surface area contributed by atoms with Crippen molar-refractivity contribution in [3.63, 3.8) is 0 Å². The van der Waals surface area contributed by atoms with Crippen molar-refractivity contribution in [3.05, 3.63) is 23.8 Å². The summed E-state index contributed by atoms with van der Waals surface area (Å²) in [5.41, 5.74) is 5.41. The molecule has 0 bridgehead atoms. The zero-order chi connectivity index (χ0) is 6.57. The first-order valence-electron chi connectivity index (χ1n) is 2.91. The Morgan fingerprint density at radius 1 is 1.50 bits per heavy atom. The highest BCUT2D eigenvalue weighted by atomic mass is 13.8. The van der Waals surface area contributed by atoms with Crippen molar-refractivity contribution < 1.29 is 0 Å². The van der Waals surface area contributed by atoms with Gasteiger partial charge in [0.25, 0.3) is 0 Å². The molecule has 0 spiro atoms. The molecule has 0 aromatic carbocycles. The van der Waals surface area contributed by atoms with Gasteiger partial charge in [-0.1, -0.05) is 20.8 Å². The van der Waals surface area contributed by atoms with E-state index in [0.717, 1.165) is 12.0 Å². The molecule has 0 saturated heterocycles. The second-order valence-electron chi connectivity index (χ2n) is 2.04. The zero-order valence-electron chi connectivity index (χ0n) is 5.91. The Kier molecular flexibility index (Phi) is 3.14. The van der Waals surface area contributed by atoms with E-state index in [4.69, 9.17) is 0 Å². The van der Waals surface area contributed by atoms with Crippen LogP contribution in [0.25, 0.3) is 0 Å². The monoisotopic (exact) mass is 109 g/mol. The quantitative estimate of drug-likeness (QED) is 0.359. The Morgan fingerprint density at radius 3 is 2.12 bits per heavy atom. The molecule has 0 radical (unpaired) electrons. The maximum absolute atomic E-state index is 3.71. The average Bonchev–Trinajstić information content (AvgIpc) is 1.65. The minimum Gasteiger partial charge on any atom is -0.347 e. The Hall–Kier alpha value is -0.610. The average molecular weight is 109 g/mol. The van der Waals surface area contributed by atoms with Gasteiger partial charge in [0.15, 0.2) is 0 Å². The Bertz CT molecular complexity index is 119. The molecule has 0 aromatic heterocycles. The minimum atomic E-state index is 1.02. The lowest BCUT2D eigenvalue weighted by atomic mass is 10.2. The second-order valence-corrected chi connectivity index (χ2v) is 2.04. The van der Waals surface area contributed by atoms with Crippen LogP contribution in [0.1, 0.15) is 27.2 Å². The summed E-state index contributed by atoms with van der Waals surface area (Å²) < 4.78 is 0. The highest BCUT2D eigenvalue weighted by molar-refractivity contribution is 5.06. The molecule has 0 amide bonds. The van der Waals surface area contributed by atoms with E-state index in [1.807, 2.05) is 6.92 Å². The minimum absolute atomic E-state index is 1.02. The highest BCUT2D eigenvalue weighted by Gasteiger charge is 1.68. The van der Waals surface area contributed by atoms with Gasteiger partial charge in [-0.05, 0) is 6.42 Å². The van der Waals surface area contributed by atoms with Crippen LogP contribution < -0.4 is 0 Å². The lowest BCUT2D eigenvalue weighted by molar-refractivity contribution is 1.10. The predicted molar refractivity (Wildman–Crippen MR) is 37.5 cm³/mol. The van der Waals surface area contributed by atoms with E-state index < -0.39 is 0 Å². The smallest absolute Gasteiger partial charge is 0.0462 e. The largest absolute Gasteiger partial charge is 0.347 e. The molecule has 0 rings (SSSR count). The predicted octanol–water partition coefficient (Wildman–Crippen LogP) is 2.72. The zero-order valence-corrected chi connectivity index (χ0v) is 5.91. The molecular formula is C8H13-. The van der Waals surface area contributed by atoms with Crippen molar-refractivity contribution in [2.45, 2.75) is 27.2 Å². The van der Waals surface area contributed by atoms with Crippen molar-refractivity contribution in [1.29, 1.82) is 0 Å². The maximum Gasteiger partial charge on any atom is -0.0462 e. The normalized spacial score (nSPS) is 7.88. The topological polar surface area (TPSA) is 0 Å². The molecule has 0 nitrogen and oxygen atoms in total. The molecule has 0 fully saturated rings. The van der Waals surface area contributed by atoms with Crippen LogP contribution in [0.15, 0.2) is 16.9 Å². The molecule has 0 aromatic rings. The van der Waals surface area contributed by atoms with Crippen LogP contribution in [-0.4, -0.2) is 0 Å². The summed E-state index contributed by atoms with van der Waals surface area (Å²) in [5, 5.41) is 0. The Labute approximate surface area is 51.9 Å². The highest BCUT2D eigenvalue weighted by Crippen LogP contribution is 1.96. The van der Waals surface area contributed by atoms with Crippen LogP contribution in [0, 0.1) is 6.92 Å². The molecule has 0 heterocycles. The maximum atomic E-state index is 3.71. The fourth-order valence-electron chi connectivity index (χ4n) is 0.453. The van der Waals surface area contributed by atoms with Gasteiger partial charge in [-0.25, -0.2) is 6.92 Å². The number of allylic oxidation sites excluding steroid dienone is 1. The number of hydrogen-bond acceptors (Lipinski definition) is 0. The van der Waals surface area contributed by atoms with E-state index in [2.05, 4.69) is 26.5 Å². The van der Waals surface area contributed by atoms with Crippen molar-refractivity contribution in [2.24, 2.45) is 0 Å². The molecule has 0 aliphatic heterocycles. The Balaban J connectivity index is 4.13. The molecule has 8 heavy (non-hydrogen) atoms. The van der Waals surface area contributed by atoms with Crippen molar-refractivity contribution >= 4 is 0 Å². The van der Waals surface area contributed by atoms with Gasteiger partial charge in [-0.15, -0.1) is 5.57 Å². The van der Waals surface area contributed by atoms with Gasteiger partial charge >= 0.3 is 0 Å². The summed E-state index contributed by atoms with van der Waals surface area (Å²) in [6.07, 6.45) is 1.08. The molecule has 0 unspecified atom stereocenters. The summed E-state index contributed by atoms with van der Waals surface area (Å²) in [4.78, 5) is 0. The molecule has 0 saturated carbocycles. The SMILES string of the molecule is [CH2-]C(C)=C=C(C)CC. The van der Waals surface area contributed by atoms with Crippen molar-refractivity contribution in [2.75, 3.05) is 0 Å². The van der Waals surface area contributed by atoms with E-state index in [0.29, 0.717) is 0 Å². The summed E-state index contributed by atoms with van der Waals surface area (Å²) in [7, 11) is 0. The van der Waals surface area contributed by atoms with E-state index >= 15 is 0 Å². The molecule has 0 aliphatic rings. The third kappa shape index (κ3) is 3.58. The molecular weight excluding hydrogens is 96.1 g/mol. The summed E-state index contributed by atoms with van der Waals surface area (Å²) in [6, 6.07) is 0. The molecule has 46 valence electrons. The van der Waals surface area contributed by atoms with Gasteiger partial charge in [-0.2, -0.15) is 5.57 Å². The van der Waals surface area contributed by atoms with Gasteiger partial charge in [0.05, 0.1) is 0 Å². The number of rotatable bonds is 1. The number of hydrogen-bond donors (Lipinski definition) is 0. The summed E-state index contributed by atoms with van der Waals surface area (Å²) >= 11 is 0. The van der Waals surface area contributed by atoms with Crippen LogP contribution in [0.5, 0.6) is 0 Å². The molecule has 0 heteroatoms. The molecule has 0 N–H and O–H groups in total. The van der Waals surface area contributed by atoms with Gasteiger partial charge in [0.2, 0.25) is 0 Å². The van der Waals surface area contributed by atoms with Gasteiger partial charge in [0.1, 0.15) is 0 Å². The standard InChI is InChI=1S/C8H13/c1-5-8(4)6-7(2)3/h2,5H2,1,3-4H3/q-1. The van der Waals surface area contributed by atoms with Crippen molar-refractivity contribution in [1.82, 2.24) is 0 Å². The van der Waals surface area contributed by atoms with E-state index in [1.165, 1.54) is 5.57 Å². The van der Waals surface area contributed by atoms with Crippen LogP contribution in [0.2, 0.25) is 0 Å². The van der Waals surface area contributed by atoms with Crippen LogP contribution in [0.4, 0.5) is 0 Å². The lowest BCUT2D eigenvalue weighted by Crippen LogP contribution is -1.66. The van der Waals surface area contributed by atoms with Crippen LogP contribution in [0.3, 0.4) is 0 Å². The molecule has 0 aliphatic carbocycles. The van der Waals surface area contributed by atoms with E-state index in [-0.39, 0.29) is 0 Å². The van der Waals surface area contributed by atoms with Gasteiger partial charge in [-0.3, -0.25) is 0 Å². The van der Waals surface area contributed by atoms with Crippen molar-refractivity contribution in [3.8, 4) is 0 Å². The van der Waals surface area contributed by atoms with E-state index in [1.54, 1.807) is 0 Å². The van der Waals surface area contributed by atoms with Gasteiger partial charge in [0, 0.05) is 0 Å².